The fraction of sp³-hybridized carbons (Fsp3) is 0.333. The van der Waals surface area contributed by atoms with Crippen LogP contribution >= 0.6 is 0 Å². The number of pyridine rings is 1. The molecular formula is C12H15N3O5. The van der Waals surface area contributed by atoms with Gasteiger partial charge in [-0.3, -0.25) is 14.6 Å². The van der Waals surface area contributed by atoms with Gasteiger partial charge in [-0.1, -0.05) is 0 Å². The maximum absolute atomic E-state index is 11.7. The molecule has 0 saturated heterocycles. The summed E-state index contributed by atoms with van der Waals surface area (Å²) in [4.78, 5) is 37.6. The number of esters is 1. The van der Waals surface area contributed by atoms with Crippen LogP contribution in [0.25, 0.3) is 0 Å². The molecule has 0 radical (unpaired) electrons. The van der Waals surface area contributed by atoms with Gasteiger partial charge in [0.15, 0.2) is 0 Å². The number of nitrogens with one attached hydrogen (secondary N) is 1. The minimum Gasteiger partial charge on any atom is -0.480 e. The smallest absolute Gasteiger partial charge is 0.326 e. The number of hydrogen-bond donors (Lipinski definition) is 3. The predicted molar refractivity (Wildman–Crippen MR) is 68.6 cm³/mol. The number of nitrogen functional groups attached to an aromatic ring is 1. The minimum atomic E-state index is -1.33. The molecule has 0 aromatic carbocycles. The van der Waals surface area contributed by atoms with Crippen molar-refractivity contribution in [3.05, 3.63) is 24.0 Å². The maximum Gasteiger partial charge on any atom is 0.326 e. The molecule has 1 aromatic heterocycles. The number of ether oxygens (including phenoxy) is 1. The Morgan fingerprint density at radius 2 is 2.15 bits per heavy atom. The number of amides is 1. The number of methoxy groups -OCH3 is 1. The molecule has 8 heteroatoms. The molecule has 8 nitrogen and oxygen atoms in total. The molecule has 1 heterocycles. The summed E-state index contributed by atoms with van der Waals surface area (Å²) in [5.74, 6) is -2.59. The van der Waals surface area contributed by atoms with Crippen LogP contribution in [0.1, 0.15) is 12.1 Å². The summed E-state index contributed by atoms with van der Waals surface area (Å²) in [7, 11) is 1.14. The second-order valence-corrected chi connectivity index (χ2v) is 4.00. The number of anilines is 1. The zero-order valence-electron chi connectivity index (χ0n) is 10.8. The van der Waals surface area contributed by atoms with Gasteiger partial charge >= 0.3 is 11.9 Å². The number of nitrogens with two attached hydrogens (primary N) is 1. The minimum absolute atomic E-state index is 0.106. The number of carboxylic acid groups (broad SMARTS) is 1. The third kappa shape index (κ3) is 4.92. The van der Waals surface area contributed by atoms with E-state index in [0.717, 1.165) is 7.11 Å². The lowest BCUT2D eigenvalue weighted by Crippen LogP contribution is -2.43. The molecule has 0 aliphatic heterocycles. The van der Waals surface area contributed by atoms with Gasteiger partial charge in [-0.05, 0) is 12.1 Å². The van der Waals surface area contributed by atoms with Crippen LogP contribution in [0.2, 0.25) is 0 Å². The zero-order chi connectivity index (χ0) is 15.1. The third-order valence-corrected chi connectivity index (χ3v) is 2.42. The van der Waals surface area contributed by atoms with Crippen LogP contribution in [0.4, 0.5) is 5.69 Å². The monoisotopic (exact) mass is 281 g/mol. The number of nitrogens with zero attached hydrogens (tertiary/aromatic N) is 1. The number of carbonyl (C=O) groups is 3. The first-order valence-corrected chi connectivity index (χ1v) is 5.71. The summed E-state index contributed by atoms with van der Waals surface area (Å²) >= 11 is 0. The Hall–Kier alpha value is -2.64. The van der Waals surface area contributed by atoms with E-state index in [9.17, 15) is 14.4 Å². The summed E-state index contributed by atoms with van der Waals surface area (Å²) in [6.45, 7) is 0. The molecule has 1 atom stereocenters. The van der Waals surface area contributed by atoms with Crippen LogP contribution in [-0.4, -0.2) is 41.1 Å². The van der Waals surface area contributed by atoms with E-state index < -0.39 is 30.3 Å². The number of rotatable bonds is 6. The van der Waals surface area contributed by atoms with E-state index in [4.69, 9.17) is 10.8 Å². The molecule has 20 heavy (non-hydrogen) atoms. The van der Waals surface area contributed by atoms with Crippen molar-refractivity contribution >= 4 is 23.5 Å². The van der Waals surface area contributed by atoms with Gasteiger partial charge in [0.2, 0.25) is 5.91 Å². The van der Waals surface area contributed by atoms with E-state index in [0.29, 0.717) is 11.4 Å². The third-order valence-electron chi connectivity index (χ3n) is 2.42. The largest absolute Gasteiger partial charge is 0.480 e. The van der Waals surface area contributed by atoms with Crippen LogP contribution in [0.3, 0.4) is 0 Å². The van der Waals surface area contributed by atoms with Gasteiger partial charge < -0.3 is 20.9 Å². The van der Waals surface area contributed by atoms with Crippen molar-refractivity contribution < 1.29 is 24.2 Å². The Morgan fingerprint density at radius 3 is 2.65 bits per heavy atom. The summed E-state index contributed by atoms with van der Waals surface area (Å²) in [5.41, 5.74) is 6.36. The summed E-state index contributed by atoms with van der Waals surface area (Å²) in [6.07, 6.45) is 0.851. The number of aliphatic carboxylic acids is 1. The van der Waals surface area contributed by atoms with Gasteiger partial charge in [-0.2, -0.15) is 0 Å². The molecule has 0 spiro atoms. The van der Waals surface area contributed by atoms with Crippen LogP contribution in [0.5, 0.6) is 0 Å². The molecule has 0 aliphatic carbocycles. The van der Waals surface area contributed by atoms with E-state index >= 15 is 0 Å². The number of carboxylic acids is 1. The number of aromatic nitrogens is 1. The standard InChI is InChI=1S/C12H15N3O5/c1-20-11(17)5-9(12(18)19)15-10(16)4-8-3-2-7(13)6-14-8/h2-3,6,9H,4-5,13H2,1H3,(H,15,16)(H,18,19)/t9-/m0/s1. The second kappa shape index (κ2) is 7.07. The Morgan fingerprint density at radius 1 is 1.45 bits per heavy atom. The van der Waals surface area contributed by atoms with Crippen molar-refractivity contribution in [2.75, 3.05) is 12.8 Å². The van der Waals surface area contributed by atoms with Gasteiger partial charge in [0.05, 0.1) is 31.8 Å². The lowest BCUT2D eigenvalue weighted by molar-refractivity contribution is -0.148. The lowest BCUT2D eigenvalue weighted by atomic mass is 10.2. The predicted octanol–water partition coefficient (Wildman–Crippen LogP) is -0.661. The van der Waals surface area contributed by atoms with Crippen LogP contribution < -0.4 is 11.1 Å². The summed E-state index contributed by atoms with van der Waals surface area (Å²) in [5, 5.41) is 11.1. The highest BCUT2D eigenvalue weighted by Gasteiger charge is 2.23. The van der Waals surface area contributed by atoms with Gasteiger partial charge in [0.1, 0.15) is 6.04 Å². The number of carbonyl (C=O) groups excluding carboxylic acids is 2. The highest BCUT2D eigenvalue weighted by atomic mass is 16.5. The van der Waals surface area contributed by atoms with Gasteiger partial charge in [-0.25, -0.2) is 4.79 Å². The second-order valence-electron chi connectivity index (χ2n) is 4.00. The molecule has 0 unspecified atom stereocenters. The van der Waals surface area contributed by atoms with E-state index in [1.54, 1.807) is 12.1 Å². The lowest BCUT2D eigenvalue weighted by Gasteiger charge is -2.13. The fourth-order valence-corrected chi connectivity index (χ4v) is 1.40. The highest BCUT2D eigenvalue weighted by molar-refractivity contribution is 5.87. The molecule has 0 aliphatic rings. The van der Waals surface area contributed by atoms with E-state index in [1.165, 1.54) is 6.20 Å². The van der Waals surface area contributed by atoms with Crippen LogP contribution in [-0.2, 0) is 25.5 Å². The summed E-state index contributed by atoms with van der Waals surface area (Å²) in [6, 6.07) is 1.81. The first kappa shape index (κ1) is 15.4. The molecule has 1 rings (SSSR count). The molecule has 0 saturated carbocycles. The summed E-state index contributed by atoms with van der Waals surface area (Å²) < 4.78 is 4.36. The molecular weight excluding hydrogens is 266 g/mol. The molecule has 108 valence electrons. The molecule has 0 bridgehead atoms. The van der Waals surface area contributed by atoms with Gasteiger partial charge in [0, 0.05) is 5.69 Å². The molecule has 1 amide bonds. The van der Waals surface area contributed by atoms with Crippen molar-refractivity contribution in [1.82, 2.24) is 10.3 Å². The maximum atomic E-state index is 11.7. The van der Waals surface area contributed by atoms with Gasteiger partial charge in [0.25, 0.3) is 0 Å². The Kier molecular flexibility index (Phi) is 5.45. The molecule has 0 fully saturated rings. The van der Waals surface area contributed by atoms with Crippen molar-refractivity contribution in [2.24, 2.45) is 0 Å². The van der Waals surface area contributed by atoms with Crippen LogP contribution in [0.15, 0.2) is 18.3 Å². The quantitative estimate of drug-likeness (QED) is 0.589. The Labute approximate surface area is 114 Å². The first-order chi connectivity index (χ1) is 9.42. The average Bonchev–Trinajstić information content (AvgIpc) is 2.40. The van der Waals surface area contributed by atoms with E-state index in [-0.39, 0.29) is 6.42 Å². The molecule has 1 aromatic rings. The van der Waals surface area contributed by atoms with Crippen molar-refractivity contribution in [3.8, 4) is 0 Å². The Bertz CT molecular complexity index is 500. The number of hydrogen-bond acceptors (Lipinski definition) is 6. The van der Waals surface area contributed by atoms with Crippen molar-refractivity contribution in [3.63, 3.8) is 0 Å². The van der Waals surface area contributed by atoms with Gasteiger partial charge in [-0.15, -0.1) is 0 Å². The topological polar surface area (TPSA) is 132 Å². The van der Waals surface area contributed by atoms with Crippen molar-refractivity contribution in [1.29, 1.82) is 0 Å². The first-order valence-electron chi connectivity index (χ1n) is 5.71. The fourth-order valence-electron chi connectivity index (χ4n) is 1.40. The highest BCUT2D eigenvalue weighted by Crippen LogP contribution is 2.02. The Balaban J connectivity index is 2.60. The van der Waals surface area contributed by atoms with Crippen molar-refractivity contribution in [2.45, 2.75) is 18.9 Å². The van der Waals surface area contributed by atoms with E-state index in [1.807, 2.05) is 0 Å². The van der Waals surface area contributed by atoms with Crippen LogP contribution in [0, 0.1) is 0 Å². The SMILES string of the molecule is COC(=O)C[C@H](NC(=O)Cc1ccc(N)cn1)C(=O)O. The van der Waals surface area contributed by atoms with E-state index in [2.05, 4.69) is 15.0 Å². The molecule has 4 N–H and O–H groups in total. The zero-order valence-corrected chi connectivity index (χ0v) is 10.8. The average molecular weight is 281 g/mol. The normalized spacial score (nSPS) is 11.4.